The summed E-state index contributed by atoms with van der Waals surface area (Å²) >= 11 is 0. The number of hydrogen-bond acceptors (Lipinski definition) is 3. The Bertz CT molecular complexity index is 2880. The van der Waals surface area contributed by atoms with E-state index in [-0.39, 0.29) is 5.92 Å². The predicted molar refractivity (Wildman–Crippen MR) is 216 cm³/mol. The van der Waals surface area contributed by atoms with Crippen LogP contribution in [0.5, 0.6) is 0 Å². The van der Waals surface area contributed by atoms with Gasteiger partial charge in [0.2, 0.25) is 0 Å². The fraction of sp³-hybridized carbons (Fsp3) is 0.0417. The van der Waals surface area contributed by atoms with E-state index in [1.807, 2.05) is 6.07 Å². The molecule has 7 aromatic carbocycles. The quantitative estimate of drug-likeness (QED) is 0.183. The third kappa shape index (κ3) is 4.21. The molecule has 0 spiro atoms. The molecule has 1 atom stereocenters. The highest BCUT2D eigenvalue weighted by Gasteiger charge is 2.37. The number of anilines is 5. The number of furan rings is 1. The summed E-state index contributed by atoms with van der Waals surface area (Å²) in [5.74, 6) is 0.247. The predicted octanol–water partition coefficient (Wildman–Crippen LogP) is 13.2. The summed E-state index contributed by atoms with van der Waals surface area (Å²) in [7, 11) is 0. The van der Waals surface area contributed by atoms with E-state index in [0.717, 1.165) is 51.1 Å². The molecule has 0 N–H and O–H groups in total. The molecule has 246 valence electrons. The lowest BCUT2D eigenvalue weighted by Gasteiger charge is -2.25. The molecule has 1 unspecified atom stereocenters. The van der Waals surface area contributed by atoms with E-state index in [2.05, 4.69) is 190 Å². The molecule has 4 nitrogen and oxygen atoms in total. The van der Waals surface area contributed by atoms with Crippen LogP contribution < -0.4 is 9.80 Å². The summed E-state index contributed by atoms with van der Waals surface area (Å²) in [5.41, 5.74) is 13.6. The van der Waals surface area contributed by atoms with Crippen LogP contribution >= 0.6 is 0 Å². The maximum Gasteiger partial charge on any atom is 0.159 e. The molecule has 0 bridgehead atoms. The number of benzene rings is 7. The van der Waals surface area contributed by atoms with Crippen molar-refractivity contribution >= 4 is 72.2 Å². The van der Waals surface area contributed by atoms with Gasteiger partial charge in [-0.2, -0.15) is 0 Å². The van der Waals surface area contributed by atoms with Crippen molar-refractivity contribution in [3.63, 3.8) is 0 Å². The molecule has 0 saturated heterocycles. The number of fused-ring (bicyclic) bond motifs is 10. The first kappa shape index (κ1) is 29.0. The fourth-order valence-corrected chi connectivity index (χ4v) is 8.69. The molecular weight excluding hydrogens is 635 g/mol. The van der Waals surface area contributed by atoms with Crippen LogP contribution in [0.15, 0.2) is 192 Å². The molecular formula is C48H33N3O. The van der Waals surface area contributed by atoms with Crippen LogP contribution in [-0.2, 0) is 0 Å². The number of para-hydroxylation sites is 5. The van der Waals surface area contributed by atoms with Crippen LogP contribution in [0.1, 0.15) is 17.9 Å². The molecule has 1 aliphatic carbocycles. The van der Waals surface area contributed by atoms with Gasteiger partial charge in [0.25, 0.3) is 0 Å². The van der Waals surface area contributed by atoms with E-state index >= 15 is 0 Å². The summed E-state index contributed by atoms with van der Waals surface area (Å²) in [6.45, 7) is 0. The van der Waals surface area contributed by atoms with Crippen molar-refractivity contribution in [2.45, 2.75) is 12.3 Å². The lowest BCUT2D eigenvalue weighted by atomic mass is 9.89. The average Bonchev–Trinajstić information content (AvgIpc) is 3.87. The first-order valence-corrected chi connectivity index (χ1v) is 18.0. The Morgan fingerprint density at radius 1 is 0.577 bits per heavy atom. The lowest BCUT2D eigenvalue weighted by molar-refractivity contribution is 0.669. The first-order valence-electron chi connectivity index (χ1n) is 18.0. The third-order valence-corrected chi connectivity index (χ3v) is 10.8. The topological polar surface area (TPSA) is 24.6 Å². The first-order chi connectivity index (χ1) is 25.8. The molecule has 9 aromatic rings. The number of aromatic nitrogens is 1. The number of nitrogens with zero attached hydrogens (tertiary/aromatic N) is 3. The molecule has 0 amide bonds. The summed E-state index contributed by atoms with van der Waals surface area (Å²) in [6.07, 6.45) is 7.80. The molecule has 2 aliphatic rings. The van der Waals surface area contributed by atoms with E-state index < -0.39 is 0 Å². The standard InChI is InChI=1S/C48H33N3O/c1-4-15-32(16-5-1)49(44-25-14-23-37-36-21-11-13-26-45(36)52-48(37)44)35-27-28-41-39(31-35)47-43(51(41)34-19-8-3-9-20-34)30-29-42-46(47)38-22-10-12-24-40(38)50(42)33-17-6-2-7-18-33/h1-21,23-31,38H,22H2. The maximum atomic E-state index is 6.64. The molecule has 11 rings (SSSR count). The summed E-state index contributed by atoms with van der Waals surface area (Å²) in [5, 5.41) is 4.77. The summed E-state index contributed by atoms with van der Waals surface area (Å²) < 4.78 is 9.08. The minimum atomic E-state index is 0.247. The van der Waals surface area contributed by atoms with Gasteiger partial charge in [-0.3, -0.25) is 0 Å². The monoisotopic (exact) mass is 667 g/mol. The molecule has 52 heavy (non-hydrogen) atoms. The molecule has 0 saturated carbocycles. The van der Waals surface area contributed by atoms with Crippen molar-refractivity contribution in [1.82, 2.24) is 4.57 Å². The van der Waals surface area contributed by atoms with Crippen LogP contribution in [0.2, 0.25) is 0 Å². The maximum absolute atomic E-state index is 6.64. The van der Waals surface area contributed by atoms with Crippen molar-refractivity contribution in [3.05, 3.63) is 193 Å². The highest BCUT2D eigenvalue weighted by Crippen LogP contribution is 2.55. The zero-order chi connectivity index (χ0) is 34.2. The Hall–Kier alpha value is -6.78. The van der Waals surface area contributed by atoms with Gasteiger partial charge in [-0.05, 0) is 96.9 Å². The van der Waals surface area contributed by atoms with E-state index in [9.17, 15) is 0 Å². The van der Waals surface area contributed by atoms with Crippen molar-refractivity contribution < 1.29 is 4.42 Å². The minimum absolute atomic E-state index is 0.247. The van der Waals surface area contributed by atoms with Crippen molar-refractivity contribution in [2.75, 3.05) is 9.80 Å². The molecule has 4 heteroatoms. The van der Waals surface area contributed by atoms with Crippen molar-refractivity contribution in [1.29, 1.82) is 0 Å². The number of hydrogen-bond donors (Lipinski definition) is 0. The highest BCUT2D eigenvalue weighted by molar-refractivity contribution is 6.16. The normalized spacial score (nSPS) is 15.0. The Kier molecular flexibility index (Phi) is 6.34. The van der Waals surface area contributed by atoms with Gasteiger partial charge in [-0.15, -0.1) is 0 Å². The minimum Gasteiger partial charge on any atom is -0.454 e. The SMILES string of the molecule is C1=CCC2C(=C1)N(c1ccccc1)c1ccc3c(c12)c1cc(N(c2ccccc2)c2cccc4c2oc2ccccc24)ccc1n3-c1ccccc1. The van der Waals surface area contributed by atoms with Gasteiger partial charge in [0.15, 0.2) is 5.58 Å². The van der Waals surface area contributed by atoms with E-state index in [4.69, 9.17) is 4.42 Å². The van der Waals surface area contributed by atoms with Crippen molar-refractivity contribution in [3.8, 4) is 5.69 Å². The van der Waals surface area contributed by atoms with Crippen LogP contribution in [0.25, 0.3) is 49.4 Å². The molecule has 2 aromatic heterocycles. The second-order valence-electron chi connectivity index (χ2n) is 13.7. The molecule has 3 heterocycles. The lowest BCUT2D eigenvalue weighted by Crippen LogP contribution is -2.14. The highest BCUT2D eigenvalue weighted by atomic mass is 16.3. The Balaban J connectivity index is 1.22. The van der Waals surface area contributed by atoms with E-state index in [1.54, 1.807) is 0 Å². The van der Waals surface area contributed by atoms with Gasteiger partial charge >= 0.3 is 0 Å². The van der Waals surface area contributed by atoms with Crippen LogP contribution in [0.3, 0.4) is 0 Å². The summed E-state index contributed by atoms with van der Waals surface area (Å²) in [4.78, 5) is 4.82. The third-order valence-electron chi connectivity index (χ3n) is 10.8. The van der Waals surface area contributed by atoms with Crippen LogP contribution in [0, 0.1) is 0 Å². The number of rotatable bonds is 5. The second-order valence-corrected chi connectivity index (χ2v) is 13.7. The summed E-state index contributed by atoms with van der Waals surface area (Å²) in [6, 6.07) is 58.7. The van der Waals surface area contributed by atoms with E-state index in [0.29, 0.717) is 0 Å². The fourth-order valence-electron chi connectivity index (χ4n) is 8.69. The van der Waals surface area contributed by atoms with Gasteiger partial charge in [0.05, 0.1) is 22.4 Å². The Labute approximate surface area is 301 Å². The zero-order valence-electron chi connectivity index (χ0n) is 28.4. The van der Waals surface area contributed by atoms with Gasteiger partial charge in [-0.25, -0.2) is 0 Å². The van der Waals surface area contributed by atoms with Gasteiger partial charge in [-0.1, -0.05) is 97.1 Å². The van der Waals surface area contributed by atoms with Crippen molar-refractivity contribution in [2.24, 2.45) is 0 Å². The van der Waals surface area contributed by atoms with E-state index in [1.165, 1.54) is 44.4 Å². The Morgan fingerprint density at radius 2 is 1.29 bits per heavy atom. The smallest absolute Gasteiger partial charge is 0.159 e. The van der Waals surface area contributed by atoms with Crippen LogP contribution in [-0.4, -0.2) is 4.57 Å². The molecule has 0 fully saturated rings. The van der Waals surface area contributed by atoms with Gasteiger partial charge < -0.3 is 18.8 Å². The molecule has 1 aliphatic heterocycles. The Morgan fingerprint density at radius 3 is 2.12 bits per heavy atom. The second kappa shape index (κ2) is 11.4. The van der Waals surface area contributed by atoms with Gasteiger partial charge in [0.1, 0.15) is 5.58 Å². The largest absolute Gasteiger partial charge is 0.454 e. The molecule has 0 radical (unpaired) electrons. The van der Waals surface area contributed by atoms with Crippen LogP contribution in [0.4, 0.5) is 28.4 Å². The average molecular weight is 668 g/mol. The number of allylic oxidation sites excluding steroid dienone is 4. The zero-order valence-corrected chi connectivity index (χ0v) is 28.4. The van der Waals surface area contributed by atoms with Gasteiger partial charge in [0, 0.05) is 55.9 Å².